The molecule has 4 N–H and O–H groups in total. The van der Waals surface area contributed by atoms with Crippen molar-refractivity contribution in [2.75, 3.05) is 12.3 Å². The fraction of sp³-hybridized carbons (Fsp3) is 0.556. The van der Waals surface area contributed by atoms with Gasteiger partial charge in [0, 0.05) is 25.4 Å². The summed E-state index contributed by atoms with van der Waals surface area (Å²) in [5.41, 5.74) is 8.01. The monoisotopic (exact) mass is 524 g/mol. The molecule has 11 heteroatoms. The lowest BCUT2D eigenvalue weighted by Gasteiger charge is -2.36. The van der Waals surface area contributed by atoms with Crippen molar-refractivity contribution in [3.8, 4) is 0 Å². The summed E-state index contributed by atoms with van der Waals surface area (Å²) in [4.78, 5) is 24.8. The van der Waals surface area contributed by atoms with Crippen molar-refractivity contribution in [3.63, 3.8) is 0 Å². The van der Waals surface area contributed by atoms with E-state index in [1.54, 1.807) is 24.7 Å². The van der Waals surface area contributed by atoms with Crippen molar-refractivity contribution >= 4 is 23.0 Å². The molecule has 0 radical (unpaired) electrons. The van der Waals surface area contributed by atoms with E-state index >= 15 is 0 Å². The van der Waals surface area contributed by atoms with Crippen molar-refractivity contribution in [2.24, 2.45) is 5.92 Å². The Morgan fingerprint density at radius 3 is 2.76 bits per heavy atom. The Balaban J connectivity index is 1.08. The highest BCUT2D eigenvalue weighted by atomic mass is 16.7. The van der Waals surface area contributed by atoms with Gasteiger partial charge in [0.05, 0.1) is 12.4 Å². The molecule has 204 valence electrons. The molecule has 0 bridgehead atoms. The van der Waals surface area contributed by atoms with Crippen LogP contribution in [0.3, 0.4) is 0 Å². The highest BCUT2D eigenvalue weighted by Crippen LogP contribution is 2.36. The van der Waals surface area contributed by atoms with Gasteiger partial charge in [0.25, 0.3) is 0 Å². The average Bonchev–Trinajstić information content (AvgIpc) is 3.45. The Bertz CT molecular complexity index is 1220. The number of aromatic nitrogens is 4. The van der Waals surface area contributed by atoms with E-state index in [2.05, 4.69) is 20.3 Å². The highest BCUT2D eigenvalue weighted by Gasteiger charge is 2.41. The predicted molar refractivity (Wildman–Crippen MR) is 139 cm³/mol. The van der Waals surface area contributed by atoms with Crippen LogP contribution in [0.1, 0.15) is 57.7 Å². The molecule has 2 aromatic heterocycles. The average molecular weight is 525 g/mol. The van der Waals surface area contributed by atoms with Gasteiger partial charge in [0.2, 0.25) is 0 Å². The SMILES string of the molecule is CC(C)(O)OC1C[C@@H](CNC2CC(CCC(=O)OCc3ccccc3)C2)O[C@H]1n1cnc2c(N)ncnc21. The Morgan fingerprint density at radius 1 is 1.21 bits per heavy atom. The number of imidazole rings is 1. The number of aliphatic hydroxyl groups is 1. The minimum atomic E-state index is -1.32. The van der Waals surface area contributed by atoms with Crippen LogP contribution in [0.15, 0.2) is 43.0 Å². The molecule has 1 unspecified atom stereocenters. The maximum atomic E-state index is 12.1. The van der Waals surface area contributed by atoms with Gasteiger partial charge in [0.1, 0.15) is 24.6 Å². The van der Waals surface area contributed by atoms with Crippen LogP contribution in [0.4, 0.5) is 5.82 Å². The second-order valence-corrected chi connectivity index (χ2v) is 10.7. The molecule has 1 saturated heterocycles. The van der Waals surface area contributed by atoms with Gasteiger partial charge in [-0.05, 0) is 44.6 Å². The number of rotatable bonds is 11. The lowest BCUT2D eigenvalue weighted by Crippen LogP contribution is -2.44. The van der Waals surface area contributed by atoms with Gasteiger partial charge in [-0.1, -0.05) is 30.3 Å². The second-order valence-electron chi connectivity index (χ2n) is 10.7. The molecular formula is C27H36N6O5. The van der Waals surface area contributed by atoms with E-state index in [1.165, 1.54) is 6.33 Å². The van der Waals surface area contributed by atoms with Crippen LogP contribution in [-0.4, -0.2) is 61.2 Å². The fourth-order valence-electron chi connectivity index (χ4n) is 5.19. The fourth-order valence-corrected chi connectivity index (χ4v) is 5.19. The normalized spacial score (nSPS) is 25.4. The molecule has 11 nitrogen and oxygen atoms in total. The van der Waals surface area contributed by atoms with Crippen LogP contribution in [0.2, 0.25) is 0 Å². The van der Waals surface area contributed by atoms with E-state index in [0.717, 1.165) is 24.8 Å². The van der Waals surface area contributed by atoms with Crippen LogP contribution in [-0.2, 0) is 25.6 Å². The molecule has 3 aromatic rings. The molecular weight excluding hydrogens is 488 g/mol. The summed E-state index contributed by atoms with van der Waals surface area (Å²) in [5, 5.41) is 13.9. The van der Waals surface area contributed by atoms with Crippen molar-refractivity contribution in [1.82, 2.24) is 24.8 Å². The summed E-state index contributed by atoms with van der Waals surface area (Å²) in [6.45, 7) is 4.19. The minimum Gasteiger partial charge on any atom is -0.461 e. The third kappa shape index (κ3) is 6.47. The van der Waals surface area contributed by atoms with Gasteiger partial charge < -0.3 is 30.4 Å². The van der Waals surface area contributed by atoms with E-state index in [4.69, 9.17) is 19.9 Å². The van der Waals surface area contributed by atoms with Crippen molar-refractivity contribution < 1.29 is 24.1 Å². The molecule has 2 fully saturated rings. The van der Waals surface area contributed by atoms with Crippen LogP contribution in [0.5, 0.6) is 0 Å². The topological polar surface area (TPSA) is 147 Å². The summed E-state index contributed by atoms with van der Waals surface area (Å²) in [5.74, 6) is -0.646. The Labute approximate surface area is 221 Å². The minimum absolute atomic E-state index is 0.115. The number of carbonyl (C=O) groups is 1. The maximum absolute atomic E-state index is 12.1. The molecule has 0 amide bonds. The molecule has 1 saturated carbocycles. The standard InChI is InChI=1S/C27H36N6O5/c1-27(2,35)38-21-12-20(37-26(21)33-16-32-23-24(28)30-15-31-25(23)33)13-29-19-10-18(11-19)8-9-22(34)36-14-17-6-4-3-5-7-17/h3-7,15-16,18-21,26,29,35H,8-14H2,1-2H3,(H2,28,30,31)/t18?,19?,20-,21?,26+/m0/s1. The van der Waals surface area contributed by atoms with E-state index in [1.807, 2.05) is 30.3 Å². The number of esters is 1. The Kier molecular flexibility index (Phi) is 7.89. The highest BCUT2D eigenvalue weighted by molar-refractivity contribution is 5.81. The number of ether oxygens (including phenoxy) is 3. The molecule has 1 aliphatic carbocycles. The second kappa shape index (κ2) is 11.3. The zero-order valence-electron chi connectivity index (χ0n) is 21.8. The van der Waals surface area contributed by atoms with Crippen molar-refractivity contribution in [3.05, 3.63) is 48.5 Å². The molecule has 2 aliphatic rings. The number of hydrogen-bond donors (Lipinski definition) is 3. The number of nitrogens with zero attached hydrogens (tertiary/aromatic N) is 4. The quantitative estimate of drug-likeness (QED) is 0.253. The Morgan fingerprint density at radius 2 is 2.00 bits per heavy atom. The first-order valence-corrected chi connectivity index (χ1v) is 13.2. The number of carbonyl (C=O) groups excluding carboxylic acids is 1. The van der Waals surface area contributed by atoms with E-state index in [0.29, 0.717) is 54.9 Å². The lowest BCUT2D eigenvalue weighted by atomic mass is 9.77. The number of benzene rings is 1. The predicted octanol–water partition coefficient (Wildman–Crippen LogP) is 2.70. The van der Waals surface area contributed by atoms with Crippen molar-refractivity contribution in [2.45, 2.75) is 82.8 Å². The number of nitrogens with two attached hydrogens (primary N) is 1. The number of fused-ring (bicyclic) bond motifs is 1. The number of nitrogens with one attached hydrogen (secondary N) is 1. The van der Waals surface area contributed by atoms with Gasteiger partial charge in [-0.3, -0.25) is 9.36 Å². The number of nitrogen functional groups attached to an aromatic ring is 1. The lowest BCUT2D eigenvalue weighted by molar-refractivity contribution is -0.222. The summed E-state index contributed by atoms with van der Waals surface area (Å²) < 4.78 is 19.5. The van der Waals surface area contributed by atoms with Crippen LogP contribution >= 0.6 is 0 Å². The summed E-state index contributed by atoms with van der Waals surface area (Å²) in [6.07, 6.45) is 5.93. The molecule has 1 aromatic carbocycles. The number of anilines is 1. The zero-order valence-corrected chi connectivity index (χ0v) is 21.8. The Hall–Kier alpha value is -3.12. The summed E-state index contributed by atoms with van der Waals surface area (Å²) in [7, 11) is 0. The van der Waals surface area contributed by atoms with E-state index in [-0.39, 0.29) is 12.1 Å². The first kappa shape index (κ1) is 26.5. The molecule has 3 heterocycles. The molecule has 38 heavy (non-hydrogen) atoms. The van der Waals surface area contributed by atoms with Crippen molar-refractivity contribution in [1.29, 1.82) is 0 Å². The molecule has 5 rings (SSSR count). The molecule has 3 atom stereocenters. The third-order valence-electron chi connectivity index (χ3n) is 7.12. The smallest absolute Gasteiger partial charge is 0.306 e. The molecule has 1 aliphatic heterocycles. The maximum Gasteiger partial charge on any atom is 0.306 e. The van der Waals surface area contributed by atoms with Crippen LogP contribution in [0, 0.1) is 5.92 Å². The summed E-state index contributed by atoms with van der Waals surface area (Å²) in [6, 6.07) is 10.1. The van der Waals surface area contributed by atoms with Gasteiger partial charge in [-0.15, -0.1) is 0 Å². The molecule has 0 spiro atoms. The van der Waals surface area contributed by atoms with Gasteiger partial charge >= 0.3 is 5.97 Å². The van der Waals surface area contributed by atoms with Crippen LogP contribution in [0.25, 0.3) is 11.2 Å². The first-order chi connectivity index (χ1) is 18.2. The zero-order chi connectivity index (χ0) is 26.7. The number of hydrogen-bond acceptors (Lipinski definition) is 10. The van der Waals surface area contributed by atoms with E-state index in [9.17, 15) is 9.90 Å². The van der Waals surface area contributed by atoms with Crippen LogP contribution < -0.4 is 11.1 Å². The van der Waals surface area contributed by atoms with Gasteiger partial charge in [-0.2, -0.15) is 0 Å². The van der Waals surface area contributed by atoms with Gasteiger partial charge in [0.15, 0.2) is 23.5 Å². The van der Waals surface area contributed by atoms with Gasteiger partial charge in [-0.25, -0.2) is 15.0 Å². The first-order valence-electron chi connectivity index (χ1n) is 13.2. The summed E-state index contributed by atoms with van der Waals surface area (Å²) >= 11 is 0. The third-order valence-corrected chi connectivity index (χ3v) is 7.12. The van der Waals surface area contributed by atoms with E-state index < -0.39 is 18.1 Å². The largest absolute Gasteiger partial charge is 0.461 e.